The van der Waals surface area contributed by atoms with Gasteiger partial charge in [0.15, 0.2) is 0 Å². The number of amides is 1. The highest BCUT2D eigenvalue weighted by molar-refractivity contribution is 5.95. The molecule has 4 nitrogen and oxygen atoms in total. The van der Waals surface area contributed by atoms with Crippen molar-refractivity contribution in [2.24, 2.45) is 11.1 Å². The highest BCUT2D eigenvalue weighted by atomic mass is 35.5. The maximum absolute atomic E-state index is 11.8. The Morgan fingerprint density at radius 3 is 2.53 bits per heavy atom. The van der Waals surface area contributed by atoms with Gasteiger partial charge in [0.2, 0.25) is 5.91 Å². The summed E-state index contributed by atoms with van der Waals surface area (Å²) < 4.78 is 0. The van der Waals surface area contributed by atoms with E-state index in [4.69, 9.17) is 5.73 Å². The molecule has 17 heavy (non-hydrogen) atoms. The number of pyridine rings is 1. The van der Waals surface area contributed by atoms with E-state index in [-0.39, 0.29) is 30.7 Å². The Morgan fingerprint density at radius 2 is 2.06 bits per heavy atom. The van der Waals surface area contributed by atoms with Crippen LogP contribution in [0.4, 0.5) is 5.69 Å². The zero-order chi connectivity index (χ0) is 11.5. The molecule has 0 aromatic carbocycles. The minimum absolute atomic E-state index is 0. The van der Waals surface area contributed by atoms with Crippen molar-refractivity contribution in [2.75, 3.05) is 11.9 Å². The molecule has 0 aliphatic heterocycles. The average molecular weight is 280 g/mol. The molecule has 1 heterocycles. The van der Waals surface area contributed by atoms with Crippen LogP contribution in [-0.2, 0) is 4.79 Å². The van der Waals surface area contributed by atoms with Gasteiger partial charge in [-0.2, -0.15) is 0 Å². The van der Waals surface area contributed by atoms with Crippen molar-refractivity contribution < 1.29 is 4.79 Å². The minimum atomic E-state index is -0.553. The van der Waals surface area contributed by atoms with Crippen LogP contribution in [0.5, 0.6) is 0 Å². The van der Waals surface area contributed by atoms with E-state index in [1.54, 1.807) is 12.3 Å². The number of halogens is 2. The molecule has 0 aliphatic rings. The molecule has 98 valence electrons. The van der Waals surface area contributed by atoms with Crippen LogP contribution >= 0.6 is 24.8 Å². The third kappa shape index (κ3) is 4.89. The minimum Gasteiger partial charge on any atom is -0.329 e. The molecular formula is C11H19Cl2N3O. The summed E-state index contributed by atoms with van der Waals surface area (Å²) in [5.74, 6) is -0.0823. The van der Waals surface area contributed by atoms with Gasteiger partial charge in [-0.15, -0.1) is 24.8 Å². The first-order valence-corrected chi connectivity index (χ1v) is 4.90. The second kappa shape index (κ2) is 7.48. The van der Waals surface area contributed by atoms with Crippen molar-refractivity contribution in [1.82, 2.24) is 4.98 Å². The number of anilines is 1. The molecule has 0 atom stereocenters. The van der Waals surface area contributed by atoms with E-state index in [0.29, 0.717) is 6.54 Å². The van der Waals surface area contributed by atoms with E-state index in [2.05, 4.69) is 10.3 Å². The highest BCUT2D eigenvalue weighted by Gasteiger charge is 2.25. The molecule has 0 spiro atoms. The Balaban J connectivity index is 0. The number of hydrogen-bond acceptors (Lipinski definition) is 3. The van der Waals surface area contributed by atoms with Crippen LogP contribution in [0, 0.1) is 12.3 Å². The quantitative estimate of drug-likeness (QED) is 0.891. The Labute approximate surface area is 114 Å². The Kier molecular flexibility index (Phi) is 8.15. The zero-order valence-electron chi connectivity index (χ0n) is 10.2. The molecule has 0 saturated heterocycles. The van der Waals surface area contributed by atoms with Crippen molar-refractivity contribution in [3.63, 3.8) is 0 Å². The summed E-state index contributed by atoms with van der Waals surface area (Å²) in [6, 6.07) is 3.62. The standard InChI is InChI=1S/C11H17N3O.2ClH/c1-8-9(5-4-6-13-8)14-10(15)11(2,3)7-12;;/h4-6H,7,12H2,1-3H3,(H,14,15);2*1H. The molecule has 1 aromatic rings. The third-order valence-electron chi connectivity index (χ3n) is 2.38. The summed E-state index contributed by atoms with van der Waals surface area (Å²) in [7, 11) is 0. The van der Waals surface area contributed by atoms with Gasteiger partial charge in [0.05, 0.1) is 16.8 Å². The van der Waals surface area contributed by atoms with Gasteiger partial charge < -0.3 is 11.1 Å². The molecule has 0 fully saturated rings. The second-order valence-corrected chi connectivity index (χ2v) is 4.18. The summed E-state index contributed by atoms with van der Waals surface area (Å²) in [5, 5.41) is 2.82. The van der Waals surface area contributed by atoms with Crippen molar-refractivity contribution in [1.29, 1.82) is 0 Å². The van der Waals surface area contributed by atoms with E-state index in [1.165, 1.54) is 0 Å². The fourth-order valence-electron chi connectivity index (χ4n) is 1.00. The molecule has 0 unspecified atom stereocenters. The van der Waals surface area contributed by atoms with E-state index < -0.39 is 5.41 Å². The van der Waals surface area contributed by atoms with Crippen LogP contribution in [0.15, 0.2) is 18.3 Å². The van der Waals surface area contributed by atoms with E-state index >= 15 is 0 Å². The van der Waals surface area contributed by atoms with E-state index in [0.717, 1.165) is 11.4 Å². The molecular weight excluding hydrogens is 261 g/mol. The lowest BCUT2D eigenvalue weighted by molar-refractivity contribution is -0.123. The lowest BCUT2D eigenvalue weighted by atomic mass is 9.92. The predicted molar refractivity (Wildman–Crippen MR) is 74.9 cm³/mol. The van der Waals surface area contributed by atoms with Gasteiger partial charge in [-0.3, -0.25) is 9.78 Å². The number of aryl methyl sites for hydroxylation is 1. The number of carbonyl (C=O) groups is 1. The molecule has 3 N–H and O–H groups in total. The molecule has 1 rings (SSSR count). The zero-order valence-corrected chi connectivity index (χ0v) is 11.8. The van der Waals surface area contributed by atoms with Gasteiger partial charge in [-0.1, -0.05) is 0 Å². The topological polar surface area (TPSA) is 68.0 Å². The monoisotopic (exact) mass is 279 g/mol. The fraction of sp³-hybridized carbons (Fsp3) is 0.455. The lowest BCUT2D eigenvalue weighted by Crippen LogP contribution is -2.37. The molecule has 0 bridgehead atoms. The third-order valence-corrected chi connectivity index (χ3v) is 2.38. The normalized spacial score (nSPS) is 9.88. The van der Waals surface area contributed by atoms with Crippen molar-refractivity contribution in [3.8, 4) is 0 Å². The van der Waals surface area contributed by atoms with Gasteiger partial charge in [-0.25, -0.2) is 0 Å². The van der Waals surface area contributed by atoms with Crippen molar-refractivity contribution in [2.45, 2.75) is 20.8 Å². The van der Waals surface area contributed by atoms with Gasteiger partial charge in [0, 0.05) is 12.7 Å². The van der Waals surface area contributed by atoms with Crippen molar-refractivity contribution >= 4 is 36.4 Å². The van der Waals surface area contributed by atoms with Crippen LogP contribution in [0.3, 0.4) is 0 Å². The lowest BCUT2D eigenvalue weighted by Gasteiger charge is -2.21. The maximum atomic E-state index is 11.8. The Hall–Kier alpha value is -0.840. The van der Waals surface area contributed by atoms with Crippen LogP contribution in [0.1, 0.15) is 19.5 Å². The SMILES string of the molecule is Cc1ncccc1NC(=O)C(C)(C)CN.Cl.Cl. The predicted octanol–water partition coefficient (Wildman–Crippen LogP) is 2.16. The number of carbonyl (C=O) groups excluding carboxylic acids is 1. The number of nitrogens with one attached hydrogen (secondary N) is 1. The van der Waals surface area contributed by atoms with Crippen LogP contribution in [0.25, 0.3) is 0 Å². The summed E-state index contributed by atoms with van der Waals surface area (Å²) in [6.07, 6.45) is 1.69. The largest absolute Gasteiger partial charge is 0.329 e. The number of nitrogens with two attached hydrogens (primary N) is 1. The van der Waals surface area contributed by atoms with E-state index in [1.807, 2.05) is 26.8 Å². The molecule has 1 aromatic heterocycles. The Bertz CT molecular complexity index is 369. The summed E-state index contributed by atoms with van der Waals surface area (Å²) in [6.45, 7) is 5.80. The number of aromatic nitrogens is 1. The van der Waals surface area contributed by atoms with Gasteiger partial charge in [-0.05, 0) is 32.9 Å². The van der Waals surface area contributed by atoms with Gasteiger partial charge in [0.1, 0.15) is 0 Å². The van der Waals surface area contributed by atoms with Crippen LogP contribution < -0.4 is 11.1 Å². The number of rotatable bonds is 3. The smallest absolute Gasteiger partial charge is 0.231 e. The second-order valence-electron chi connectivity index (χ2n) is 4.18. The highest BCUT2D eigenvalue weighted by Crippen LogP contribution is 2.18. The summed E-state index contributed by atoms with van der Waals surface area (Å²) >= 11 is 0. The summed E-state index contributed by atoms with van der Waals surface area (Å²) in [5.41, 5.74) is 6.51. The number of hydrogen-bond donors (Lipinski definition) is 2. The molecule has 6 heteroatoms. The van der Waals surface area contributed by atoms with E-state index in [9.17, 15) is 4.79 Å². The average Bonchev–Trinajstić information content (AvgIpc) is 2.21. The van der Waals surface area contributed by atoms with Gasteiger partial charge in [0.25, 0.3) is 0 Å². The first kappa shape index (κ1) is 18.5. The Morgan fingerprint density at radius 1 is 1.47 bits per heavy atom. The molecule has 0 aliphatic carbocycles. The van der Waals surface area contributed by atoms with Crippen molar-refractivity contribution in [3.05, 3.63) is 24.0 Å². The van der Waals surface area contributed by atoms with Crippen LogP contribution in [0.2, 0.25) is 0 Å². The maximum Gasteiger partial charge on any atom is 0.231 e. The molecule has 0 saturated carbocycles. The fourth-order valence-corrected chi connectivity index (χ4v) is 1.00. The first-order valence-electron chi connectivity index (χ1n) is 4.90. The number of nitrogens with zero attached hydrogens (tertiary/aromatic N) is 1. The van der Waals surface area contributed by atoms with Crippen LogP contribution in [-0.4, -0.2) is 17.4 Å². The molecule has 0 radical (unpaired) electrons. The first-order chi connectivity index (χ1) is 6.97. The molecule has 1 amide bonds. The summed E-state index contributed by atoms with van der Waals surface area (Å²) in [4.78, 5) is 15.9. The van der Waals surface area contributed by atoms with Gasteiger partial charge >= 0.3 is 0 Å².